The summed E-state index contributed by atoms with van der Waals surface area (Å²) in [7, 11) is 3.43. The third-order valence-electron chi connectivity index (χ3n) is 4.51. The molecule has 4 rings (SSSR count). The van der Waals surface area contributed by atoms with Crippen molar-refractivity contribution in [2.45, 2.75) is 11.3 Å². The number of nitrogens with one attached hydrogen (secondary N) is 1. The van der Waals surface area contributed by atoms with Crippen LogP contribution in [0.15, 0.2) is 46.9 Å². The fourth-order valence-corrected chi connectivity index (χ4v) is 4.56. The largest absolute Gasteiger partial charge is 0.477 e. The molecule has 29 heavy (non-hydrogen) atoms. The number of anilines is 1. The Hall–Kier alpha value is -2.85. The molecule has 8 nitrogen and oxygen atoms in total. The van der Waals surface area contributed by atoms with Gasteiger partial charge in [-0.15, -0.1) is 21.5 Å². The maximum atomic E-state index is 13.0. The van der Waals surface area contributed by atoms with Crippen molar-refractivity contribution in [3.8, 4) is 16.5 Å². The first kappa shape index (κ1) is 19.5. The molecule has 1 atom stereocenters. The summed E-state index contributed by atoms with van der Waals surface area (Å²) in [5.74, 6) is 1.07. The average Bonchev–Trinajstić information content (AvgIpc) is 3.40. The second-order valence-electron chi connectivity index (χ2n) is 6.32. The summed E-state index contributed by atoms with van der Waals surface area (Å²) < 4.78 is 7.63. The number of carbonyl (C=O) groups is 2. The van der Waals surface area contributed by atoms with E-state index in [1.54, 1.807) is 29.4 Å². The predicted octanol–water partition coefficient (Wildman–Crippen LogP) is 2.18. The molecule has 3 heterocycles. The fraction of sp³-hybridized carbons (Fsp3) is 0.263. The minimum absolute atomic E-state index is 0.125. The van der Waals surface area contributed by atoms with E-state index in [1.165, 1.54) is 11.8 Å². The van der Waals surface area contributed by atoms with Gasteiger partial charge in [0.05, 0.1) is 22.9 Å². The minimum Gasteiger partial charge on any atom is -0.477 e. The number of aromatic nitrogens is 3. The molecule has 0 aliphatic carbocycles. The van der Waals surface area contributed by atoms with Crippen LogP contribution < -0.4 is 15.0 Å². The molecule has 0 fully saturated rings. The Kier molecular flexibility index (Phi) is 5.54. The summed E-state index contributed by atoms with van der Waals surface area (Å²) in [6.45, 7) is 0.162. The van der Waals surface area contributed by atoms with E-state index in [1.807, 2.05) is 47.3 Å². The van der Waals surface area contributed by atoms with Crippen molar-refractivity contribution in [3.05, 3.63) is 41.8 Å². The van der Waals surface area contributed by atoms with Gasteiger partial charge in [0.1, 0.15) is 5.75 Å². The molecule has 0 radical (unpaired) electrons. The van der Waals surface area contributed by atoms with Crippen LogP contribution in [0.1, 0.15) is 0 Å². The van der Waals surface area contributed by atoms with Gasteiger partial charge >= 0.3 is 0 Å². The number of fused-ring (bicyclic) bond motifs is 1. The highest BCUT2D eigenvalue weighted by Gasteiger charge is 2.33. The van der Waals surface area contributed by atoms with Gasteiger partial charge in [0.15, 0.2) is 17.1 Å². The molecule has 150 valence electrons. The number of nitrogens with zero attached hydrogens (tertiary/aromatic N) is 4. The lowest BCUT2D eigenvalue weighted by Crippen LogP contribution is -2.50. The van der Waals surface area contributed by atoms with Crippen molar-refractivity contribution in [1.82, 2.24) is 20.1 Å². The van der Waals surface area contributed by atoms with Crippen LogP contribution in [0.4, 0.5) is 5.69 Å². The van der Waals surface area contributed by atoms with E-state index < -0.39 is 6.10 Å². The number of amides is 2. The zero-order valence-electron chi connectivity index (χ0n) is 15.9. The van der Waals surface area contributed by atoms with Crippen LogP contribution in [0.2, 0.25) is 0 Å². The van der Waals surface area contributed by atoms with Crippen molar-refractivity contribution in [3.63, 3.8) is 0 Å². The summed E-state index contributed by atoms with van der Waals surface area (Å²) >= 11 is 2.91. The SMILES string of the molecule is CNC(=O)C1CN(C(=O)CSc2nnc(-c3cccs3)n2C)c2ccccc2O1. The molecule has 0 bridgehead atoms. The van der Waals surface area contributed by atoms with E-state index in [0.717, 1.165) is 10.7 Å². The Bertz CT molecular complexity index is 1030. The standard InChI is InChI=1S/C19H19N5O3S2/c1-20-18(26)14-10-24(12-6-3-4-7-13(12)27-14)16(25)11-29-19-22-21-17(23(19)2)15-8-5-9-28-15/h3-9,14H,10-11H2,1-2H3,(H,20,26). The van der Waals surface area contributed by atoms with E-state index in [-0.39, 0.29) is 24.1 Å². The van der Waals surface area contributed by atoms with Gasteiger partial charge in [0, 0.05) is 14.1 Å². The smallest absolute Gasteiger partial charge is 0.262 e. The van der Waals surface area contributed by atoms with Gasteiger partial charge in [0.2, 0.25) is 5.91 Å². The molecule has 2 amide bonds. The summed E-state index contributed by atoms with van der Waals surface area (Å²) in [4.78, 5) is 27.7. The number of thiophene rings is 1. The van der Waals surface area contributed by atoms with Crippen molar-refractivity contribution in [1.29, 1.82) is 0 Å². The van der Waals surface area contributed by atoms with E-state index in [4.69, 9.17) is 4.74 Å². The van der Waals surface area contributed by atoms with Gasteiger partial charge in [0.25, 0.3) is 5.91 Å². The molecule has 2 aromatic heterocycles. The normalized spacial score (nSPS) is 15.5. The zero-order chi connectivity index (χ0) is 20.4. The highest BCUT2D eigenvalue weighted by molar-refractivity contribution is 7.99. The third-order valence-corrected chi connectivity index (χ3v) is 6.39. The zero-order valence-corrected chi connectivity index (χ0v) is 17.5. The second kappa shape index (κ2) is 8.26. The number of para-hydroxylation sites is 2. The molecule has 0 saturated heterocycles. The Morgan fingerprint density at radius 2 is 2.10 bits per heavy atom. The van der Waals surface area contributed by atoms with Crippen LogP contribution in [-0.4, -0.2) is 52.0 Å². The first-order valence-electron chi connectivity index (χ1n) is 8.92. The van der Waals surface area contributed by atoms with E-state index in [0.29, 0.717) is 16.6 Å². The first-order valence-corrected chi connectivity index (χ1v) is 10.8. The van der Waals surface area contributed by atoms with Crippen LogP contribution in [0.3, 0.4) is 0 Å². The number of ether oxygens (including phenoxy) is 1. The topological polar surface area (TPSA) is 89.4 Å². The molecular formula is C19H19N5O3S2. The monoisotopic (exact) mass is 429 g/mol. The number of likely N-dealkylation sites (N-methyl/N-ethyl adjacent to an activating group) is 1. The quantitative estimate of drug-likeness (QED) is 0.626. The first-order chi connectivity index (χ1) is 14.1. The van der Waals surface area contributed by atoms with Crippen LogP contribution >= 0.6 is 23.1 Å². The maximum Gasteiger partial charge on any atom is 0.262 e. The molecule has 1 aliphatic rings. The number of thioether (sulfide) groups is 1. The van der Waals surface area contributed by atoms with Crippen LogP contribution in [0.5, 0.6) is 5.75 Å². The molecule has 0 saturated carbocycles. The number of benzene rings is 1. The summed E-state index contributed by atoms with van der Waals surface area (Å²) in [6.07, 6.45) is -0.746. The third kappa shape index (κ3) is 3.85. The van der Waals surface area contributed by atoms with E-state index >= 15 is 0 Å². The van der Waals surface area contributed by atoms with Gasteiger partial charge in [-0.3, -0.25) is 9.59 Å². The summed E-state index contributed by atoms with van der Waals surface area (Å²) in [5, 5.41) is 13.7. The van der Waals surface area contributed by atoms with E-state index in [2.05, 4.69) is 15.5 Å². The highest BCUT2D eigenvalue weighted by Crippen LogP contribution is 2.34. The number of hydrogen-bond acceptors (Lipinski definition) is 7. The van der Waals surface area contributed by atoms with Crippen LogP contribution in [0.25, 0.3) is 10.7 Å². The van der Waals surface area contributed by atoms with Gasteiger partial charge in [-0.2, -0.15) is 0 Å². The number of carbonyl (C=O) groups excluding carboxylic acids is 2. The van der Waals surface area contributed by atoms with Gasteiger partial charge < -0.3 is 19.5 Å². The Morgan fingerprint density at radius 1 is 1.28 bits per heavy atom. The Labute approximate surface area is 175 Å². The molecule has 1 aliphatic heterocycles. The molecule has 0 spiro atoms. The average molecular weight is 430 g/mol. The van der Waals surface area contributed by atoms with Gasteiger partial charge in [-0.25, -0.2) is 0 Å². The molecule has 1 N–H and O–H groups in total. The lowest BCUT2D eigenvalue weighted by atomic mass is 10.2. The van der Waals surface area contributed by atoms with Crippen molar-refractivity contribution in [2.75, 3.05) is 24.2 Å². The predicted molar refractivity (Wildman–Crippen MR) is 112 cm³/mol. The number of rotatable bonds is 5. The molecule has 10 heteroatoms. The molecule has 1 unspecified atom stereocenters. The minimum atomic E-state index is -0.746. The van der Waals surface area contributed by atoms with E-state index in [9.17, 15) is 9.59 Å². The van der Waals surface area contributed by atoms with Gasteiger partial charge in [-0.1, -0.05) is 30.0 Å². The fourth-order valence-electron chi connectivity index (χ4n) is 3.03. The van der Waals surface area contributed by atoms with Crippen LogP contribution in [0, 0.1) is 0 Å². The number of hydrogen-bond donors (Lipinski definition) is 1. The molecular weight excluding hydrogens is 410 g/mol. The van der Waals surface area contributed by atoms with Gasteiger partial charge in [-0.05, 0) is 23.6 Å². The van der Waals surface area contributed by atoms with Crippen molar-refractivity contribution in [2.24, 2.45) is 7.05 Å². The highest BCUT2D eigenvalue weighted by atomic mass is 32.2. The maximum absolute atomic E-state index is 13.0. The summed E-state index contributed by atoms with van der Waals surface area (Å²) in [5.41, 5.74) is 0.662. The molecule has 1 aromatic carbocycles. The lowest BCUT2D eigenvalue weighted by molar-refractivity contribution is -0.127. The van der Waals surface area contributed by atoms with Crippen LogP contribution in [-0.2, 0) is 16.6 Å². The Balaban J connectivity index is 1.50. The van der Waals surface area contributed by atoms with Crippen molar-refractivity contribution >= 4 is 40.6 Å². The Morgan fingerprint density at radius 3 is 2.86 bits per heavy atom. The van der Waals surface area contributed by atoms with Crippen molar-refractivity contribution < 1.29 is 14.3 Å². The summed E-state index contributed by atoms with van der Waals surface area (Å²) in [6, 6.07) is 11.2. The molecule has 3 aromatic rings. The second-order valence-corrected chi connectivity index (χ2v) is 8.21. The lowest BCUT2D eigenvalue weighted by Gasteiger charge is -2.33.